The number of fused-ring (bicyclic) bond motifs is 2. The van der Waals surface area contributed by atoms with Gasteiger partial charge in [0.1, 0.15) is 5.69 Å². The van der Waals surface area contributed by atoms with Gasteiger partial charge in [-0.2, -0.15) is 5.10 Å². The van der Waals surface area contributed by atoms with Crippen molar-refractivity contribution in [2.24, 2.45) is 0 Å². The van der Waals surface area contributed by atoms with Gasteiger partial charge in [0, 0.05) is 11.8 Å². The van der Waals surface area contributed by atoms with Crippen LogP contribution in [0.15, 0.2) is 29.1 Å². The second-order valence-corrected chi connectivity index (χ2v) is 5.89. The predicted molar refractivity (Wildman–Crippen MR) is 81.6 cm³/mol. The van der Waals surface area contributed by atoms with E-state index in [0.29, 0.717) is 11.5 Å². The first-order valence-electron chi connectivity index (χ1n) is 6.87. The number of carbonyl (C=O) groups is 1. The lowest BCUT2D eigenvalue weighted by molar-refractivity contribution is -0.119. The molecule has 110 valence electrons. The molecule has 0 atom stereocenters. The lowest BCUT2D eigenvalue weighted by atomic mass is 9.86. The Balaban J connectivity index is 1.89. The van der Waals surface area contributed by atoms with Crippen LogP contribution in [0, 0.1) is 0 Å². The molecule has 0 spiro atoms. The van der Waals surface area contributed by atoms with E-state index in [-0.39, 0.29) is 11.5 Å². The third-order valence-electron chi connectivity index (χ3n) is 4.03. The number of amides is 1. The molecule has 0 aliphatic carbocycles. The fourth-order valence-corrected chi connectivity index (χ4v) is 2.68. The maximum Gasteiger partial charge on any atom is 0.264 e. The summed E-state index contributed by atoms with van der Waals surface area (Å²) in [6.07, 6.45) is 0. The molecule has 0 saturated heterocycles. The quantitative estimate of drug-likeness (QED) is 0.633. The fourth-order valence-electron chi connectivity index (χ4n) is 2.68. The summed E-state index contributed by atoms with van der Waals surface area (Å²) in [7, 11) is 0. The van der Waals surface area contributed by atoms with E-state index in [1.807, 2.05) is 26.0 Å². The molecule has 1 aliphatic heterocycles. The highest BCUT2D eigenvalue weighted by Crippen LogP contribution is 2.39. The molecule has 0 bridgehead atoms. The minimum Gasteiger partial charge on any atom is -0.337 e. The van der Waals surface area contributed by atoms with Gasteiger partial charge in [-0.3, -0.25) is 9.59 Å². The van der Waals surface area contributed by atoms with Crippen LogP contribution >= 0.6 is 0 Å². The molecule has 2 aromatic heterocycles. The summed E-state index contributed by atoms with van der Waals surface area (Å²) < 4.78 is 0. The summed E-state index contributed by atoms with van der Waals surface area (Å²) >= 11 is 0. The molecule has 1 amide bonds. The third kappa shape index (κ3) is 1.68. The molecular weight excluding hydrogens is 282 g/mol. The van der Waals surface area contributed by atoms with E-state index < -0.39 is 5.41 Å². The number of aromatic nitrogens is 4. The molecule has 0 saturated carbocycles. The lowest BCUT2D eigenvalue weighted by Gasteiger charge is -2.14. The van der Waals surface area contributed by atoms with Gasteiger partial charge in [-0.1, -0.05) is 0 Å². The first kappa shape index (κ1) is 12.8. The Morgan fingerprint density at radius 2 is 1.95 bits per heavy atom. The summed E-state index contributed by atoms with van der Waals surface area (Å²) in [5.74, 6) is 0.553. The summed E-state index contributed by atoms with van der Waals surface area (Å²) in [5.41, 5.74) is 3.02. The fraction of sp³-hybridized carbons (Fsp3) is 0.200. The number of imidazole rings is 1. The number of nitrogens with zero attached hydrogens (tertiary/aromatic N) is 2. The van der Waals surface area contributed by atoms with E-state index in [4.69, 9.17) is 0 Å². The van der Waals surface area contributed by atoms with Crippen molar-refractivity contribution >= 4 is 22.6 Å². The maximum atomic E-state index is 12.0. The van der Waals surface area contributed by atoms with Crippen LogP contribution in [0.25, 0.3) is 22.6 Å². The molecule has 7 heteroatoms. The number of hydrogen-bond acceptors (Lipinski definition) is 4. The monoisotopic (exact) mass is 295 g/mol. The Bertz CT molecular complexity index is 963. The highest BCUT2D eigenvalue weighted by Gasteiger charge is 2.38. The molecule has 3 aromatic rings. The molecule has 1 aliphatic rings. The Morgan fingerprint density at radius 3 is 2.68 bits per heavy atom. The van der Waals surface area contributed by atoms with Gasteiger partial charge < -0.3 is 10.3 Å². The van der Waals surface area contributed by atoms with Crippen LogP contribution in [-0.2, 0) is 10.2 Å². The number of rotatable bonds is 1. The minimum atomic E-state index is -0.564. The Labute approximate surface area is 124 Å². The minimum absolute atomic E-state index is 0.0160. The van der Waals surface area contributed by atoms with E-state index in [2.05, 4.69) is 25.5 Å². The second-order valence-electron chi connectivity index (χ2n) is 5.89. The normalized spacial score (nSPS) is 15.8. The zero-order valence-corrected chi connectivity index (χ0v) is 12.0. The summed E-state index contributed by atoms with van der Waals surface area (Å²) in [4.78, 5) is 30.7. The molecule has 3 N–H and O–H groups in total. The largest absolute Gasteiger partial charge is 0.337 e. The number of carbonyl (C=O) groups excluding carboxylic acids is 1. The van der Waals surface area contributed by atoms with Crippen LogP contribution in [-0.4, -0.2) is 26.1 Å². The van der Waals surface area contributed by atoms with Crippen molar-refractivity contribution in [2.45, 2.75) is 19.3 Å². The van der Waals surface area contributed by atoms with Gasteiger partial charge in [0.15, 0.2) is 5.82 Å². The average Bonchev–Trinajstić information content (AvgIpc) is 2.98. The smallest absolute Gasteiger partial charge is 0.264 e. The molecule has 4 rings (SSSR count). The molecular formula is C15H13N5O2. The van der Waals surface area contributed by atoms with E-state index >= 15 is 0 Å². The second kappa shape index (κ2) is 4.03. The van der Waals surface area contributed by atoms with Crippen LogP contribution in [0.3, 0.4) is 0 Å². The van der Waals surface area contributed by atoms with Crippen LogP contribution in [0.5, 0.6) is 0 Å². The number of benzene rings is 1. The van der Waals surface area contributed by atoms with Crippen molar-refractivity contribution in [2.75, 3.05) is 5.32 Å². The van der Waals surface area contributed by atoms with Crippen molar-refractivity contribution in [3.8, 4) is 11.5 Å². The Morgan fingerprint density at radius 1 is 1.14 bits per heavy atom. The molecule has 1 aromatic carbocycles. The van der Waals surface area contributed by atoms with Crippen molar-refractivity contribution < 1.29 is 4.79 Å². The Hall–Kier alpha value is -2.96. The van der Waals surface area contributed by atoms with Crippen LogP contribution in [0.2, 0.25) is 0 Å². The highest BCUT2D eigenvalue weighted by molar-refractivity contribution is 6.07. The topological polar surface area (TPSA) is 104 Å². The summed E-state index contributed by atoms with van der Waals surface area (Å²) in [6, 6.07) is 6.79. The highest BCUT2D eigenvalue weighted by atomic mass is 16.2. The van der Waals surface area contributed by atoms with Crippen molar-refractivity contribution in [3.63, 3.8) is 0 Å². The first-order valence-corrected chi connectivity index (χ1v) is 6.87. The van der Waals surface area contributed by atoms with Crippen molar-refractivity contribution in [1.82, 2.24) is 20.2 Å². The van der Waals surface area contributed by atoms with Gasteiger partial charge >= 0.3 is 0 Å². The number of aromatic amines is 2. The average molecular weight is 295 g/mol. The number of hydrogen-bond donors (Lipinski definition) is 3. The summed E-state index contributed by atoms with van der Waals surface area (Å²) in [5, 5.41) is 9.23. The number of anilines is 1. The zero-order chi connectivity index (χ0) is 15.5. The SMILES string of the molecule is CC1(C)C(=O)Nc2cc3nc(-c4ccc(=O)[nH]n4)[nH]c3cc21. The van der Waals surface area contributed by atoms with Crippen molar-refractivity contribution in [1.29, 1.82) is 0 Å². The van der Waals surface area contributed by atoms with Gasteiger partial charge in [0.05, 0.1) is 16.4 Å². The molecule has 3 heterocycles. The lowest BCUT2D eigenvalue weighted by Crippen LogP contribution is -2.26. The molecule has 0 unspecified atom stereocenters. The third-order valence-corrected chi connectivity index (χ3v) is 4.03. The first-order chi connectivity index (χ1) is 10.4. The van der Waals surface area contributed by atoms with E-state index in [1.54, 1.807) is 6.07 Å². The molecule has 0 fully saturated rings. The standard InChI is InChI=1S/C15H13N5O2/c1-15(2)7-5-10-11(6-9(7)18-14(15)22)17-13(16-10)8-3-4-12(21)20-19-8/h3-6H,1-2H3,(H,16,17)(H,18,22)(H,20,21). The molecule has 7 nitrogen and oxygen atoms in total. The van der Waals surface area contributed by atoms with Crippen LogP contribution in [0.4, 0.5) is 5.69 Å². The van der Waals surface area contributed by atoms with E-state index in [0.717, 1.165) is 22.3 Å². The van der Waals surface area contributed by atoms with Crippen LogP contribution in [0.1, 0.15) is 19.4 Å². The maximum absolute atomic E-state index is 12.0. The van der Waals surface area contributed by atoms with Gasteiger partial charge in [-0.05, 0) is 37.6 Å². The van der Waals surface area contributed by atoms with Crippen molar-refractivity contribution in [3.05, 3.63) is 40.2 Å². The van der Waals surface area contributed by atoms with E-state index in [1.165, 1.54) is 6.07 Å². The molecule has 22 heavy (non-hydrogen) atoms. The predicted octanol–water partition coefficient (Wildman–Crippen LogP) is 1.54. The van der Waals surface area contributed by atoms with Crippen LogP contribution < -0.4 is 10.9 Å². The van der Waals surface area contributed by atoms with Gasteiger partial charge in [0.25, 0.3) is 5.56 Å². The van der Waals surface area contributed by atoms with Gasteiger partial charge in [-0.25, -0.2) is 10.1 Å². The Kier molecular flexibility index (Phi) is 2.34. The van der Waals surface area contributed by atoms with E-state index in [9.17, 15) is 9.59 Å². The molecule has 0 radical (unpaired) electrons. The van der Waals surface area contributed by atoms with Gasteiger partial charge in [0.2, 0.25) is 5.91 Å². The zero-order valence-electron chi connectivity index (χ0n) is 12.0. The number of H-pyrrole nitrogens is 2. The number of nitrogens with one attached hydrogen (secondary N) is 3. The summed E-state index contributed by atoms with van der Waals surface area (Å²) in [6.45, 7) is 3.78. The van der Waals surface area contributed by atoms with Gasteiger partial charge in [-0.15, -0.1) is 0 Å².